The lowest BCUT2D eigenvalue weighted by Gasteiger charge is -2.07. The van der Waals surface area contributed by atoms with Crippen LogP contribution in [0, 0.1) is 0 Å². The number of phenols is 2. The van der Waals surface area contributed by atoms with Crippen LogP contribution >= 0.6 is 31.9 Å². The summed E-state index contributed by atoms with van der Waals surface area (Å²) in [6.45, 7) is 0. The van der Waals surface area contributed by atoms with Crippen LogP contribution in [0.2, 0.25) is 0 Å². The van der Waals surface area contributed by atoms with Crippen molar-refractivity contribution in [1.82, 2.24) is 5.43 Å². The molecular formula is C15H12Br2N2O4. The topological polar surface area (TPSA) is 91.2 Å². The van der Waals surface area contributed by atoms with E-state index in [1.54, 1.807) is 24.3 Å². The molecule has 120 valence electrons. The molecule has 2 rings (SSSR count). The number of benzene rings is 2. The molecule has 6 nitrogen and oxygen atoms in total. The standard InChI is InChI=1S/C15H12Br2N2O4/c1-23-11-5-3-2-4-9(11)15(22)19-18-7-8-6-10(16)14(21)12(17)13(8)20/h2-7,20-21H,1H3,(H,19,22)/b18-7+. The molecule has 0 aliphatic rings. The Balaban J connectivity index is 2.18. The maximum Gasteiger partial charge on any atom is 0.275 e. The highest BCUT2D eigenvalue weighted by Gasteiger charge is 2.13. The smallest absolute Gasteiger partial charge is 0.275 e. The zero-order valence-corrected chi connectivity index (χ0v) is 15.1. The van der Waals surface area contributed by atoms with Gasteiger partial charge in [-0.1, -0.05) is 12.1 Å². The minimum absolute atomic E-state index is 0.127. The molecule has 0 spiro atoms. The number of phenolic OH excluding ortho intramolecular Hbond substituents is 2. The molecule has 3 N–H and O–H groups in total. The minimum Gasteiger partial charge on any atom is -0.506 e. The summed E-state index contributed by atoms with van der Waals surface area (Å²) in [5.74, 6) is -0.341. The predicted molar refractivity (Wildman–Crippen MR) is 93.2 cm³/mol. The zero-order valence-electron chi connectivity index (χ0n) is 11.9. The fraction of sp³-hybridized carbons (Fsp3) is 0.0667. The molecule has 0 bridgehead atoms. The number of aromatic hydroxyl groups is 2. The second-order valence-corrected chi connectivity index (χ2v) is 6.01. The number of methoxy groups -OCH3 is 1. The molecule has 0 fully saturated rings. The van der Waals surface area contributed by atoms with Crippen LogP contribution in [0.25, 0.3) is 0 Å². The lowest BCUT2D eigenvalue weighted by atomic mass is 10.2. The number of hydrazone groups is 1. The Bertz CT molecular complexity index is 778. The van der Waals surface area contributed by atoms with E-state index in [-0.39, 0.29) is 16.0 Å². The Morgan fingerprint density at radius 3 is 2.65 bits per heavy atom. The summed E-state index contributed by atoms with van der Waals surface area (Å²) in [6, 6.07) is 8.20. The van der Waals surface area contributed by atoms with Crippen molar-refractivity contribution in [2.75, 3.05) is 7.11 Å². The number of amides is 1. The first-order valence-electron chi connectivity index (χ1n) is 6.32. The van der Waals surface area contributed by atoms with Crippen molar-refractivity contribution in [2.45, 2.75) is 0 Å². The fourth-order valence-corrected chi connectivity index (χ4v) is 2.92. The zero-order chi connectivity index (χ0) is 17.0. The van der Waals surface area contributed by atoms with E-state index in [1.807, 2.05) is 0 Å². The number of rotatable bonds is 4. The summed E-state index contributed by atoms with van der Waals surface area (Å²) in [4.78, 5) is 12.1. The molecule has 0 unspecified atom stereocenters. The number of halogens is 2. The highest BCUT2D eigenvalue weighted by molar-refractivity contribution is 9.11. The first-order chi connectivity index (χ1) is 11.0. The number of hydrogen-bond donors (Lipinski definition) is 3. The number of hydrogen-bond acceptors (Lipinski definition) is 5. The van der Waals surface area contributed by atoms with E-state index >= 15 is 0 Å². The predicted octanol–water partition coefficient (Wildman–Crippen LogP) is 3.40. The number of carbonyl (C=O) groups excluding carboxylic acids is 1. The first-order valence-corrected chi connectivity index (χ1v) is 7.90. The summed E-state index contributed by atoms with van der Waals surface area (Å²) in [5.41, 5.74) is 2.99. The maximum atomic E-state index is 12.1. The van der Waals surface area contributed by atoms with Gasteiger partial charge in [-0.2, -0.15) is 5.10 Å². The summed E-state index contributed by atoms with van der Waals surface area (Å²) >= 11 is 6.21. The van der Waals surface area contributed by atoms with Crippen molar-refractivity contribution in [3.63, 3.8) is 0 Å². The monoisotopic (exact) mass is 442 g/mol. The molecule has 0 heterocycles. The molecule has 0 saturated heterocycles. The van der Waals surface area contributed by atoms with Crippen LogP contribution in [-0.2, 0) is 0 Å². The van der Waals surface area contributed by atoms with E-state index in [0.29, 0.717) is 21.3 Å². The molecule has 8 heteroatoms. The van der Waals surface area contributed by atoms with Gasteiger partial charge in [-0.15, -0.1) is 0 Å². The number of carbonyl (C=O) groups is 1. The summed E-state index contributed by atoms with van der Waals surface area (Å²) in [6.07, 6.45) is 1.26. The van der Waals surface area contributed by atoms with Crippen molar-refractivity contribution >= 4 is 44.0 Å². The van der Waals surface area contributed by atoms with Crippen molar-refractivity contribution in [1.29, 1.82) is 0 Å². The van der Waals surface area contributed by atoms with Gasteiger partial charge in [0.25, 0.3) is 5.91 Å². The molecule has 0 aliphatic heterocycles. The molecule has 23 heavy (non-hydrogen) atoms. The minimum atomic E-state index is -0.449. The van der Waals surface area contributed by atoms with Crippen LogP contribution in [0.3, 0.4) is 0 Å². The summed E-state index contributed by atoms with van der Waals surface area (Å²) in [5, 5.41) is 23.4. The van der Waals surface area contributed by atoms with E-state index < -0.39 is 5.91 Å². The van der Waals surface area contributed by atoms with Gasteiger partial charge in [-0.3, -0.25) is 4.79 Å². The van der Waals surface area contributed by atoms with E-state index in [9.17, 15) is 15.0 Å². The molecule has 0 atom stereocenters. The third kappa shape index (κ3) is 3.83. The van der Waals surface area contributed by atoms with E-state index in [1.165, 1.54) is 19.4 Å². The lowest BCUT2D eigenvalue weighted by Crippen LogP contribution is -2.18. The van der Waals surface area contributed by atoms with Gasteiger partial charge in [0.1, 0.15) is 21.7 Å². The van der Waals surface area contributed by atoms with Gasteiger partial charge >= 0.3 is 0 Å². The van der Waals surface area contributed by atoms with Gasteiger partial charge in [0.15, 0.2) is 0 Å². The third-order valence-electron chi connectivity index (χ3n) is 2.92. The van der Waals surface area contributed by atoms with Crippen LogP contribution in [0.5, 0.6) is 17.2 Å². The quantitative estimate of drug-likeness (QED) is 0.498. The number of nitrogens with one attached hydrogen (secondary N) is 1. The van der Waals surface area contributed by atoms with E-state index in [0.717, 1.165) is 0 Å². The van der Waals surface area contributed by atoms with E-state index in [4.69, 9.17) is 4.74 Å². The molecule has 2 aromatic carbocycles. The Hall–Kier alpha value is -2.06. The highest BCUT2D eigenvalue weighted by atomic mass is 79.9. The Kier molecular flexibility index (Phi) is 5.62. The Labute approximate surface area is 149 Å². The number of ether oxygens (including phenoxy) is 1. The SMILES string of the molecule is COc1ccccc1C(=O)N/N=C/c1cc(Br)c(O)c(Br)c1O. The van der Waals surface area contributed by atoms with Gasteiger partial charge in [0.2, 0.25) is 0 Å². The van der Waals surface area contributed by atoms with Gasteiger partial charge in [-0.25, -0.2) is 5.43 Å². The van der Waals surface area contributed by atoms with Gasteiger partial charge in [-0.05, 0) is 50.1 Å². The summed E-state index contributed by atoms with van der Waals surface area (Å²) < 4.78 is 5.61. The molecule has 0 saturated carbocycles. The average Bonchev–Trinajstić information content (AvgIpc) is 2.57. The highest BCUT2D eigenvalue weighted by Crippen LogP contribution is 2.40. The normalized spacial score (nSPS) is 10.7. The molecule has 0 aromatic heterocycles. The van der Waals surface area contributed by atoms with Crippen molar-refractivity contribution < 1.29 is 19.7 Å². The van der Waals surface area contributed by atoms with Crippen LogP contribution in [-0.4, -0.2) is 29.4 Å². The van der Waals surface area contributed by atoms with Crippen LogP contribution < -0.4 is 10.2 Å². The first kappa shape index (κ1) is 17.3. The number of para-hydroxylation sites is 1. The Morgan fingerprint density at radius 1 is 1.26 bits per heavy atom. The van der Waals surface area contributed by atoms with Gasteiger partial charge in [0, 0.05) is 5.56 Å². The van der Waals surface area contributed by atoms with Crippen LogP contribution in [0.4, 0.5) is 0 Å². The molecular weight excluding hydrogens is 432 g/mol. The van der Waals surface area contributed by atoms with Gasteiger partial charge < -0.3 is 14.9 Å². The fourth-order valence-electron chi connectivity index (χ4n) is 1.77. The van der Waals surface area contributed by atoms with Crippen molar-refractivity contribution in [3.05, 3.63) is 50.4 Å². The lowest BCUT2D eigenvalue weighted by molar-refractivity contribution is 0.0952. The van der Waals surface area contributed by atoms with E-state index in [2.05, 4.69) is 42.4 Å². The maximum absolute atomic E-state index is 12.1. The van der Waals surface area contributed by atoms with Gasteiger partial charge in [0.05, 0.1) is 23.4 Å². The van der Waals surface area contributed by atoms with Crippen LogP contribution in [0.15, 0.2) is 44.4 Å². The van der Waals surface area contributed by atoms with Crippen molar-refractivity contribution in [3.8, 4) is 17.2 Å². The largest absolute Gasteiger partial charge is 0.506 e. The number of nitrogens with zero attached hydrogens (tertiary/aromatic N) is 1. The summed E-state index contributed by atoms with van der Waals surface area (Å²) in [7, 11) is 1.47. The molecule has 0 aliphatic carbocycles. The average molecular weight is 444 g/mol. The van der Waals surface area contributed by atoms with Crippen LogP contribution in [0.1, 0.15) is 15.9 Å². The Morgan fingerprint density at radius 2 is 1.96 bits per heavy atom. The van der Waals surface area contributed by atoms with Crippen molar-refractivity contribution in [2.24, 2.45) is 5.10 Å². The second-order valence-electron chi connectivity index (χ2n) is 4.36. The second kappa shape index (κ2) is 7.47. The molecule has 0 radical (unpaired) electrons. The third-order valence-corrected chi connectivity index (χ3v) is 4.27. The molecule has 1 amide bonds. The molecule has 2 aromatic rings.